The Labute approximate surface area is 170 Å². The van der Waals surface area contributed by atoms with Gasteiger partial charge in [0.05, 0.1) is 12.7 Å². The van der Waals surface area contributed by atoms with E-state index in [0.29, 0.717) is 25.1 Å². The zero-order chi connectivity index (χ0) is 20.2. The van der Waals surface area contributed by atoms with E-state index in [1.165, 1.54) is 0 Å². The molecule has 3 aliphatic rings. The van der Waals surface area contributed by atoms with Crippen LogP contribution in [0.5, 0.6) is 0 Å². The third-order valence-corrected chi connectivity index (χ3v) is 5.84. The molecule has 0 saturated carbocycles. The van der Waals surface area contributed by atoms with Crippen molar-refractivity contribution < 1.29 is 19.1 Å². The maximum atomic E-state index is 13.0. The second-order valence-corrected chi connectivity index (χ2v) is 7.87. The van der Waals surface area contributed by atoms with Gasteiger partial charge in [-0.2, -0.15) is 0 Å². The minimum absolute atomic E-state index is 0.117. The van der Waals surface area contributed by atoms with Crippen LogP contribution in [0.15, 0.2) is 18.2 Å². The lowest BCUT2D eigenvalue weighted by molar-refractivity contribution is -0.136. The van der Waals surface area contributed by atoms with Crippen LogP contribution in [0.3, 0.4) is 0 Å². The number of piperidine rings is 1. The number of amides is 3. The Morgan fingerprint density at radius 2 is 2.14 bits per heavy atom. The summed E-state index contributed by atoms with van der Waals surface area (Å²) in [5.41, 5.74) is 2.60. The van der Waals surface area contributed by atoms with Gasteiger partial charge >= 0.3 is 0 Å². The van der Waals surface area contributed by atoms with E-state index >= 15 is 0 Å². The average molecular weight is 400 g/mol. The first-order valence-corrected chi connectivity index (χ1v) is 10.4. The van der Waals surface area contributed by atoms with Crippen LogP contribution in [-0.4, -0.2) is 61.0 Å². The lowest BCUT2D eigenvalue weighted by Gasteiger charge is -2.29. The van der Waals surface area contributed by atoms with Crippen molar-refractivity contribution in [1.29, 1.82) is 0 Å². The van der Waals surface area contributed by atoms with Gasteiger partial charge in [-0.15, -0.1) is 0 Å². The van der Waals surface area contributed by atoms with E-state index in [-0.39, 0.29) is 30.2 Å². The van der Waals surface area contributed by atoms with Gasteiger partial charge in [-0.25, -0.2) is 0 Å². The number of carbonyl (C=O) groups excluding carboxylic acids is 3. The number of ether oxygens (including phenoxy) is 1. The van der Waals surface area contributed by atoms with Crippen LogP contribution in [0.2, 0.25) is 0 Å². The highest BCUT2D eigenvalue weighted by molar-refractivity contribution is 6.05. The summed E-state index contributed by atoms with van der Waals surface area (Å²) in [6.45, 7) is 4.51. The fourth-order valence-electron chi connectivity index (χ4n) is 4.32. The SMILES string of the molecule is O=C1CCC(N2Cc3cccc(CNCCCC4CNCCO4)c3C2=O)C(=O)N1. The topological polar surface area (TPSA) is 99.8 Å². The van der Waals surface area contributed by atoms with Crippen molar-refractivity contribution in [2.75, 3.05) is 26.2 Å². The minimum atomic E-state index is -0.572. The van der Waals surface area contributed by atoms with Crippen LogP contribution in [0.25, 0.3) is 0 Å². The second kappa shape index (κ2) is 9.02. The number of nitrogens with zero attached hydrogens (tertiary/aromatic N) is 1. The largest absolute Gasteiger partial charge is 0.376 e. The molecule has 0 spiro atoms. The molecule has 3 N–H and O–H groups in total. The molecule has 1 aromatic rings. The molecule has 3 amide bonds. The van der Waals surface area contributed by atoms with E-state index in [4.69, 9.17) is 4.74 Å². The molecule has 4 rings (SSSR count). The van der Waals surface area contributed by atoms with E-state index in [2.05, 4.69) is 16.0 Å². The highest BCUT2D eigenvalue weighted by Crippen LogP contribution is 2.29. The molecule has 2 atom stereocenters. The number of imide groups is 1. The van der Waals surface area contributed by atoms with Crippen LogP contribution in [0.4, 0.5) is 0 Å². The van der Waals surface area contributed by atoms with Gasteiger partial charge in [0.25, 0.3) is 5.91 Å². The molecule has 8 heteroatoms. The second-order valence-electron chi connectivity index (χ2n) is 7.87. The van der Waals surface area contributed by atoms with E-state index in [0.717, 1.165) is 50.2 Å². The zero-order valence-electron chi connectivity index (χ0n) is 16.5. The predicted molar refractivity (Wildman–Crippen MR) is 106 cm³/mol. The van der Waals surface area contributed by atoms with E-state index in [9.17, 15) is 14.4 Å². The number of nitrogens with one attached hydrogen (secondary N) is 3. The van der Waals surface area contributed by atoms with Crippen molar-refractivity contribution in [3.63, 3.8) is 0 Å². The van der Waals surface area contributed by atoms with Gasteiger partial charge in [-0.05, 0) is 36.9 Å². The molecule has 2 saturated heterocycles. The van der Waals surface area contributed by atoms with Gasteiger partial charge in [-0.3, -0.25) is 19.7 Å². The summed E-state index contributed by atoms with van der Waals surface area (Å²) in [7, 11) is 0. The van der Waals surface area contributed by atoms with E-state index in [1.807, 2.05) is 18.2 Å². The van der Waals surface area contributed by atoms with Crippen molar-refractivity contribution in [2.45, 2.75) is 50.9 Å². The van der Waals surface area contributed by atoms with E-state index in [1.54, 1.807) is 4.90 Å². The fourth-order valence-corrected chi connectivity index (χ4v) is 4.32. The number of carbonyl (C=O) groups is 3. The molecule has 3 aliphatic heterocycles. The van der Waals surface area contributed by atoms with Gasteiger partial charge in [0.2, 0.25) is 11.8 Å². The van der Waals surface area contributed by atoms with Gasteiger partial charge < -0.3 is 20.3 Å². The van der Waals surface area contributed by atoms with Crippen molar-refractivity contribution in [1.82, 2.24) is 20.9 Å². The highest BCUT2D eigenvalue weighted by atomic mass is 16.5. The average Bonchev–Trinajstić information content (AvgIpc) is 3.06. The molecule has 8 nitrogen and oxygen atoms in total. The predicted octanol–water partition coefficient (Wildman–Crippen LogP) is 0.306. The molecule has 156 valence electrons. The van der Waals surface area contributed by atoms with Gasteiger partial charge in [-0.1, -0.05) is 18.2 Å². The molecule has 0 aromatic heterocycles. The van der Waals surface area contributed by atoms with Gasteiger partial charge in [0.15, 0.2) is 0 Å². The monoisotopic (exact) mass is 400 g/mol. The van der Waals surface area contributed by atoms with Crippen LogP contribution in [-0.2, 0) is 27.4 Å². The smallest absolute Gasteiger partial charge is 0.255 e. The number of benzene rings is 1. The van der Waals surface area contributed by atoms with Crippen LogP contribution < -0.4 is 16.0 Å². The molecule has 2 fully saturated rings. The summed E-state index contributed by atoms with van der Waals surface area (Å²) >= 11 is 0. The Hall–Kier alpha value is -2.29. The Morgan fingerprint density at radius 3 is 2.93 bits per heavy atom. The molecule has 0 bridgehead atoms. The molecule has 0 radical (unpaired) electrons. The first-order valence-electron chi connectivity index (χ1n) is 10.4. The number of morpholine rings is 1. The first-order chi connectivity index (χ1) is 14.1. The van der Waals surface area contributed by atoms with Crippen molar-refractivity contribution in [3.8, 4) is 0 Å². The third kappa shape index (κ3) is 4.49. The molecule has 0 aliphatic carbocycles. The van der Waals surface area contributed by atoms with Gasteiger partial charge in [0.1, 0.15) is 6.04 Å². The lowest BCUT2D eigenvalue weighted by Crippen LogP contribution is -2.52. The third-order valence-electron chi connectivity index (χ3n) is 5.84. The Balaban J connectivity index is 1.32. The summed E-state index contributed by atoms with van der Waals surface area (Å²) in [4.78, 5) is 38.2. The zero-order valence-corrected chi connectivity index (χ0v) is 16.5. The van der Waals surface area contributed by atoms with Crippen LogP contribution in [0, 0.1) is 0 Å². The summed E-state index contributed by atoms with van der Waals surface area (Å²) in [6.07, 6.45) is 2.96. The molecule has 2 unspecified atom stereocenters. The first kappa shape index (κ1) is 20.0. The number of hydrogen-bond donors (Lipinski definition) is 3. The van der Waals surface area contributed by atoms with Crippen molar-refractivity contribution in [2.24, 2.45) is 0 Å². The Morgan fingerprint density at radius 1 is 1.24 bits per heavy atom. The summed E-state index contributed by atoms with van der Waals surface area (Å²) < 4.78 is 5.71. The molecular formula is C21H28N4O4. The minimum Gasteiger partial charge on any atom is -0.376 e. The number of rotatable bonds is 7. The Bertz CT molecular complexity index is 791. The van der Waals surface area contributed by atoms with Crippen LogP contribution >= 0.6 is 0 Å². The summed E-state index contributed by atoms with van der Waals surface area (Å²) in [5, 5.41) is 9.11. The lowest BCUT2D eigenvalue weighted by atomic mass is 10.0. The number of fused-ring (bicyclic) bond motifs is 1. The van der Waals surface area contributed by atoms with Gasteiger partial charge in [0, 0.05) is 38.2 Å². The van der Waals surface area contributed by atoms with Crippen molar-refractivity contribution in [3.05, 3.63) is 34.9 Å². The summed E-state index contributed by atoms with van der Waals surface area (Å²) in [5.74, 6) is -0.759. The maximum absolute atomic E-state index is 13.0. The molecular weight excluding hydrogens is 372 g/mol. The van der Waals surface area contributed by atoms with Crippen molar-refractivity contribution >= 4 is 17.7 Å². The quantitative estimate of drug-likeness (QED) is 0.450. The molecule has 3 heterocycles. The summed E-state index contributed by atoms with van der Waals surface area (Å²) in [6, 6.07) is 5.29. The van der Waals surface area contributed by atoms with Crippen LogP contribution in [0.1, 0.15) is 47.2 Å². The van der Waals surface area contributed by atoms with E-state index < -0.39 is 6.04 Å². The normalized spacial score (nSPS) is 24.6. The maximum Gasteiger partial charge on any atom is 0.255 e. The number of hydrogen-bond acceptors (Lipinski definition) is 6. The Kier molecular flexibility index (Phi) is 6.22. The fraction of sp³-hybridized carbons (Fsp3) is 0.571. The molecule has 1 aromatic carbocycles. The standard InChI is InChI=1S/C21H28N4O4/c26-18-7-6-17(20(27)24-18)25-13-15-4-1-3-14(19(15)21(25)28)11-22-8-2-5-16-12-23-9-10-29-16/h1,3-4,16-17,22-23H,2,5-13H2,(H,24,26,27). The molecule has 29 heavy (non-hydrogen) atoms. The highest BCUT2D eigenvalue weighted by Gasteiger charge is 2.39.